The van der Waals surface area contributed by atoms with E-state index in [0.29, 0.717) is 5.56 Å². The van der Waals surface area contributed by atoms with E-state index in [4.69, 9.17) is 22.4 Å². The van der Waals surface area contributed by atoms with Crippen molar-refractivity contribution in [3.8, 4) is 0 Å². The number of carboxylic acid groups (broad SMARTS) is 1. The van der Waals surface area contributed by atoms with Gasteiger partial charge < -0.3 is 10.8 Å². The van der Waals surface area contributed by atoms with Gasteiger partial charge in [-0.15, -0.1) is 0 Å². The molecule has 0 amide bonds. The minimum Gasteiger partial charge on any atom is -0.481 e. The number of hydrogen-bond acceptors (Lipinski definition) is 2. The van der Waals surface area contributed by atoms with Crippen LogP contribution in [0.2, 0.25) is 5.02 Å². The Kier molecular flexibility index (Phi) is 4.20. The summed E-state index contributed by atoms with van der Waals surface area (Å²) in [5.74, 6) is -1.09. The van der Waals surface area contributed by atoms with Crippen molar-refractivity contribution in [2.24, 2.45) is 5.73 Å². The Hall–Kier alpha value is -1.20. The van der Waals surface area contributed by atoms with Crippen LogP contribution in [0.1, 0.15) is 30.0 Å². The fraction of sp³-hybridized carbons (Fsp3) is 0.300. The molecule has 1 atom stereocenters. The molecule has 0 aliphatic heterocycles. The second-order valence-electron chi connectivity index (χ2n) is 3.32. The maximum absolute atomic E-state index is 12.4. The number of halogens is 3. The molecule has 3 nitrogen and oxygen atoms in total. The molecule has 0 unspecified atom stereocenters. The van der Waals surface area contributed by atoms with E-state index in [0.717, 1.165) is 6.07 Å². The van der Waals surface area contributed by atoms with Gasteiger partial charge in [0, 0.05) is 16.6 Å². The maximum atomic E-state index is 12.4. The monoisotopic (exact) mass is 249 g/mol. The molecule has 0 fully saturated rings. The first-order valence-electron chi connectivity index (χ1n) is 4.46. The molecular formula is C10H10ClF2NO2. The van der Waals surface area contributed by atoms with Crippen molar-refractivity contribution in [3.05, 3.63) is 34.3 Å². The zero-order chi connectivity index (χ0) is 12.3. The Labute approximate surface area is 95.8 Å². The molecule has 3 N–H and O–H groups in total. The Bertz CT molecular complexity index is 398. The molecule has 0 saturated heterocycles. The van der Waals surface area contributed by atoms with E-state index in [2.05, 4.69) is 0 Å². The number of rotatable bonds is 4. The van der Waals surface area contributed by atoms with Gasteiger partial charge in [0.15, 0.2) is 0 Å². The first kappa shape index (κ1) is 12.9. The van der Waals surface area contributed by atoms with E-state index >= 15 is 0 Å². The van der Waals surface area contributed by atoms with Crippen LogP contribution in [-0.2, 0) is 4.79 Å². The summed E-state index contributed by atoms with van der Waals surface area (Å²) < 4.78 is 24.9. The van der Waals surface area contributed by atoms with Gasteiger partial charge in [-0.3, -0.25) is 4.79 Å². The summed E-state index contributed by atoms with van der Waals surface area (Å²) in [6.07, 6.45) is -2.99. The van der Waals surface area contributed by atoms with Gasteiger partial charge in [0.25, 0.3) is 6.43 Å². The lowest BCUT2D eigenvalue weighted by atomic mass is 10.0. The van der Waals surface area contributed by atoms with Crippen molar-refractivity contribution in [1.29, 1.82) is 0 Å². The van der Waals surface area contributed by atoms with E-state index < -0.39 is 18.4 Å². The summed E-state index contributed by atoms with van der Waals surface area (Å²) in [6.45, 7) is 0. The highest BCUT2D eigenvalue weighted by molar-refractivity contribution is 6.30. The molecule has 0 aliphatic rings. The summed E-state index contributed by atoms with van der Waals surface area (Å²) in [5, 5.41) is 8.65. The lowest BCUT2D eigenvalue weighted by Crippen LogP contribution is -2.15. The number of carbonyl (C=O) groups is 1. The summed E-state index contributed by atoms with van der Waals surface area (Å²) in [5.41, 5.74) is 5.59. The third kappa shape index (κ3) is 3.43. The smallest absolute Gasteiger partial charge is 0.305 e. The molecule has 0 aromatic heterocycles. The van der Waals surface area contributed by atoms with E-state index in [1.165, 1.54) is 12.1 Å². The number of alkyl halides is 2. The maximum Gasteiger partial charge on any atom is 0.305 e. The minimum atomic E-state index is -2.66. The Morgan fingerprint density at radius 3 is 2.44 bits per heavy atom. The second kappa shape index (κ2) is 5.23. The van der Waals surface area contributed by atoms with Crippen molar-refractivity contribution in [3.63, 3.8) is 0 Å². The molecule has 1 aromatic carbocycles. The predicted molar refractivity (Wildman–Crippen MR) is 55.6 cm³/mol. The van der Waals surface area contributed by atoms with Crippen LogP contribution in [0.4, 0.5) is 8.78 Å². The molecule has 0 spiro atoms. The third-order valence-electron chi connectivity index (χ3n) is 2.02. The van der Waals surface area contributed by atoms with Gasteiger partial charge in [-0.25, -0.2) is 8.78 Å². The molecule has 0 bridgehead atoms. The summed E-state index contributed by atoms with van der Waals surface area (Å²) >= 11 is 5.64. The Morgan fingerprint density at radius 2 is 1.94 bits per heavy atom. The zero-order valence-electron chi connectivity index (χ0n) is 8.16. The summed E-state index contributed by atoms with van der Waals surface area (Å²) in [7, 11) is 0. The predicted octanol–water partition coefficient (Wildman–Crippen LogP) is 2.75. The van der Waals surface area contributed by atoms with Crippen molar-refractivity contribution in [1.82, 2.24) is 0 Å². The van der Waals surface area contributed by atoms with Crippen LogP contribution in [0.5, 0.6) is 0 Å². The van der Waals surface area contributed by atoms with Crippen LogP contribution in [0.15, 0.2) is 18.2 Å². The molecule has 1 aromatic rings. The Balaban J connectivity index is 2.99. The van der Waals surface area contributed by atoms with Gasteiger partial charge in [-0.2, -0.15) is 0 Å². The molecule has 0 aliphatic carbocycles. The molecular weight excluding hydrogens is 240 g/mol. The van der Waals surface area contributed by atoms with Crippen LogP contribution >= 0.6 is 11.6 Å². The van der Waals surface area contributed by atoms with Gasteiger partial charge >= 0.3 is 5.97 Å². The average molecular weight is 250 g/mol. The van der Waals surface area contributed by atoms with Gasteiger partial charge in [-0.1, -0.05) is 11.6 Å². The van der Waals surface area contributed by atoms with E-state index in [-0.39, 0.29) is 17.0 Å². The molecule has 0 radical (unpaired) electrons. The summed E-state index contributed by atoms with van der Waals surface area (Å²) in [6, 6.07) is 2.85. The third-order valence-corrected chi connectivity index (χ3v) is 2.24. The Morgan fingerprint density at radius 1 is 1.38 bits per heavy atom. The number of aliphatic carboxylic acids is 1. The van der Waals surface area contributed by atoms with Crippen molar-refractivity contribution >= 4 is 17.6 Å². The topological polar surface area (TPSA) is 63.3 Å². The highest BCUT2D eigenvalue weighted by atomic mass is 35.5. The van der Waals surface area contributed by atoms with Crippen molar-refractivity contribution in [2.75, 3.05) is 0 Å². The number of benzene rings is 1. The van der Waals surface area contributed by atoms with E-state index in [1.54, 1.807) is 0 Å². The van der Waals surface area contributed by atoms with Crippen LogP contribution in [0, 0.1) is 0 Å². The van der Waals surface area contributed by atoms with Crippen LogP contribution < -0.4 is 5.73 Å². The summed E-state index contributed by atoms with van der Waals surface area (Å²) in [4.78, 5) is 10.4. The molecule has 1 rings (SSSR count). The molecule has 0 heterocycles. The van der Waals surface area contributed by atoms with Crippen LogP contribution in [-0.4, -0.2) is 11.1 Å². The second-order valence-corrected chi connectivity index (χ2v) is 3.76. The quantitative estimate of drug-likeness (QED) is 0.862. The van der Waals surface area contributed by atoms with Crippen molar-refractivity contribution < 1.29 is 18.7 Å². The normalized spacial score (nSPS) is 12.8. The number of hydrogen-bond donors (Lipinski definition) is 2. The van der Waals surface area contributed by atoms with E-state index in [9.17, 15) is 13.6 Å². The zero-order valence-corrected chi connectivity index (χ0v) is 8.92. The largest absolute Gasteiger partial charge is 0.481 e. The van der Waals surface area contributed by atoms with E-state index in [1.807, 2.05) is 0 Å². The first-order chi connectivity index (χ1) is 7.40. The molecule has 88 valence electrons. The van der Waals surface area contributed by atoms with Crippen molar-refractivity contribution in [2.45, 2.75) is 18.9 Å². The lowest BCUT2D eigenvalue weighted by molar-refractivity contribution is -0.137. The number of nitrogens with two attached hydrogens (primary N) is 1. The number of carboxylic acids is 1. The average Bonchev–Trinajstić information content (AvgIpc) is 2.15. The van der Waals surface area contributed by atoms with Gasteiger partial charge in [-0.05, 0) is 23.8 Å². The molecule has 6 heteroatoms. The highest BCUT2D eigenvalue weighted by Gasteiger charge is 2.15. The van der Waals surface area contributed by atoms with Gasteiger partial charge in [0.1, 0.15) is 0 Å². The molecule has 16 heavy (non-hydrogen) atoms. The first-order valence-corrected chi connectivity index (χ1v) is 4.84. The van der Waals surface area contributed by atoms with Gasteiger partial charge in [0.2, 0.25) is 0 Å². The van der Waals surface area contributed by atoms with Crippen LogP contribution in [0.3, 0.4) is 0 Å². The minimum absolute atomic E-state index is 0.119. The fourth-order valence-corrected chi connectivity index (χ4v) is 1.53. The SMILES string of the molecule is N[C@@H](CC(=O)O)c1cc(Cl)cc(C(F)F)c1. The highest BCUT2D eigenvalue weighted by Crippen LogP contribution is 2.27. The lowest BCUT2D eigenvalue weighted by Gasteiger charge is -2.11. The standard InChI is InChI=1S/C10H10ClF2NO2/c11-7-2-5(8(14)4-9(15)16)1-6(3-7)10(12)13/h1-3,8,10H,4,14H2,(H,15,16)/t8-/m0/s1. The fourth-order valence-electron chi connectivity index (χ4n) is 1.28. The molecule has 0 saturated carbocycles. The van der Waals surface area contributed by atoms with Gasteiger partial charge in [0.05, 0.1) is 6.42 Å². The van der Waals surface area contributed by atoms with Crippen LogP contribution in [0.25, 0.3) is 0 Å².